The summed E-state index contributed by atoms with van der Waals surface area (Å²) in [7, 11) is 0. The summed E-state index contributed by atoms with van der Waals surface area (Å²) in [6, 6.07) is 6.74. The summed E-state index contributed by atoms with van der Waals surface area (Å²) in [6.45, 7) is 2.83. The molecule has 0 atom stereocenters. The van der Waals surface area contributed by atoms with Crippen LogP contribution in [0.1, 0.15) is 23.8 Å². The van der Waals surface area contributed by atoms with Crippen molar-refractivity contribution in [3.63, 3.8) is 0 Å². The normalized spacial score (nSPS) is 10.6. The predicted octanol–water partition coefficient (Wildman–Crippen LogP) is 5.22. The van der Waals surface area contributed by atoms with Crippen molar-refractivity contribution < 1.29 is 4.79 Å². The molecule has 1 aromatic carbocycles. The summed E-state index contributed by atoms with van der Waals surface area (Å²) in [4.78, 5) is 12.3. The van der Waals surface area contributed by atoms with Gasteiger partial charge in [-0.1, -0.05) is 30.1 Å². The molecule has 20 heavy (non-hydrogen) atoms. The van der Waals surface area contributed by atoms with Gasteiger partial charge in [0.05, 0.1) is 10.7 Å². The van der Waals surface area contributed by atoms with Crippen LogP contribution in [-0.4, -0.2) is 10.5 Å². The Labute approximate surface area is 136 Å². The van der Waals surface area contributed by atoms with Crippen molar-refractivity contribution in [2.24, 2.45) is 0 Å². The zero-order chi connectivity index (χ0) is 14.7. The highest BCUT2D eigenvalue weighted by Gasteiger charge is 2.14. The van der Waals surface area contributed by atoms with E-state index in [9.17, 15) is 4.79 Å². The number of anilines is 1. The van der Waals surface area contributed by atoms with Gasteiger partial charge in [0.2, 0.25) is 0 Å². The Hall–Kier alpha value is -0.970. The molecule has 1 aromatic heterocycles. The first-order valence-electron chi connectivity index (χ1n) is 6.13. The molecule has 106 valence electrons. The average molecular weight is 376 g/mol. The third-order valence-electron chi connectivity index (χ3n) is 2.74. The van der Waals surface area contributed by atoms with Crippen molar-refractivity contribution in [2.75, 3.05) is 5.32 Å². The van der Waals surface area contributed by atoms with Gasteiger partial charge in [-0.2, -0.15) is 0 Å². The molecule has 0 bridgehead atoms. The number of nitrogens with one attached hydrogen (secondary N) is 1. The fourth-order valence-corrected chi connectivity index (χ4v) is 2.67. The number of hydrogen-bond acceptors (Lipinski definition) is 1. The van der Waals surface area contributed by atoms with Crippen LogP contribution in [0.4, 0.5) is 5.69 Å². The predicted molar refractivity (Wildman–Crippen MR) is 86.8 cm³/mol. The maximum atomic E-state index is 12.3. The molecule has 3 nitrogen and oxygen atoms in total. The number of hydrogen-bond donors (Lipinski definition) is 1. The van der Waals surface area contributed by atoms with Gasteiger partial charge < -0.3 is 9.88 Å². The first-order valence-corrected chi connectivity index (χ1v) is 7.68. The fourth-order valence-electron chi connectivity index (χ4n) is 1.87. The molecule has 1 N–H and O–H groups in total. The lowest BCUT2D eigenvalue weighted by atomic mass is 10.3. The Kier molecular flexibility index (Phi) is 5.13. The summed E-state index contributed by atoms with van der Waals surface area (Å²) in [5.74, 6) is -0.215. The lowest BCUT2D eigenvalue weighted by molar-refractivity contribution is 0.101. The molecule has 0 aliphatic heterocycles. The number of aryl methyl sites for hydroxylation is 1. The molecule has 0 spiro atoms. The zero-order valence-electron chi connectivity index (χ0n) is 10.8. The minimum Gasteiger partial charge on any atom is -0.342 e. The Morgan fingerprint density at radius 1 is 1.35 bits per heavy atom. The first-order chi connectivity index (χ1) is 9.51. The third kappa shape index (κ3) is 3.57. The fraction of sp³-hybridized carbons (Fsp3) is 0.214. The maximum Gasteiger partial charge on any atom is 0.272 e. The Bertz CT molecular complexity index is 640. The second-order valence-corrected chi connectivity index (χ2v) is 6.07. The van der Waals surface area contributed by atoms with E-state index in [0.29, 0.717) is 21.4 Å². The number of nitrogens with zero attached hydrogens (tertiary/aromatic N) is 1. The van der Waals surface area contributed by atoms with E-state index in [0.717, 1.165) is 17.4 Å². The van der Waals surface area contributed by atoms with Gasteiger partial charge in [-0.3, -0.25) is 4.79 Å². The molecule has 2 aromatic rings. The van der Waals surface area contributed by atoms with Crippen LogP contribution < -0.4 is 5.32 Å². The van der Waals surface area contributed by atoms with Crippen molar-refractivity contribution in [1.82, 2.24) is 4.57 Å². The van der Waals surface area contributed by atoms with E-state index in [-0.39, 0.29) is 5.91 Å². The Morgan fingerprint density at radius 3 is 2.80 bits per heavy atom. The van der Waals surface area contributed by atoms with Crippen LogP contribution in [0.2, 0.25) is 10.0 Å². The van der Waals surface area contributed by atoms with E-state index in [1.165, 1.54) is 0 Å². The van der Waals surface area contributed by atoms with Gasteiger partial charge in [-0.05, 0) is 46.6 Å². The monoisotopic (exact) mass is 374 g/mol. The van der Waals surface area contributed by atoms with Gasteiger partial charge in [-0.15, -0.1) is 0 Å². The molecule has 0 saturated heterocycles. The quantitative estimate of drug-likeness (QED) is 0.780. The van der Waals surface area contributed by atoms with Crippen molar-refractivity contribution in [2.45, 2.75) is 19.9 Å². The Morgan fingerprint density at radius 2 is 2.10 bits per heavy atom. The molecule has 1 heterocycles. The number of halogens is 3. The molecule has 0 fully saturated rings. The van der Waals surface area contributed by atoms with Crippen LogP contribution in [0.3, 0.4) is 0 Å². The molecule has 0 aliphatic carbocycles. The summed E-state index contributed by atoms with van der Waals surface area (Å²) in [5.41, 5.74) is 1.08. The number of benzene rings is 1. The lowest BCUT2D eigenvalue weighted by Crippen LogP contribution is -2.17. The van der Waals surface area contributed by atoms with Crippen molar-refractivity contribution in [3.8, 4) is 0 Å². The van der Waals surface area contributed by atoms with Crippen molar-refractivity contribution in [1.29, 1.82) is 0 Å². The highest BCUT2D eigenvalue weighted by molar-refractivity contribution is 9.10. The van der Waals surface area contributed by atoms with Gasteiger partial charge in [0.15, 0.2) is 0 Å². The summed E-state index contributed by atoms with van der Waals surface area (Å²) in [5, 5.41) is 3.76. The van der Waals surface area contributed by atoms with E-state index in [1.54, 1.807) is 24.3 Å². The number of carbonyl (C=O) groups excluding carboxylic acids is 1. The first kappa shape index (κ1) is 15.4. The standard InChI is InChI=1S/C14H13BrCl2N2O/c1-2-5-19-8-9(15)6-13(19)14(20)18-12-7-10(16)3-4-11(12)17/h3-4,6-8H,2,5H2,1H3,(H,18,20). The molecule has 6 heteroatoms. The lowest BCUT2D eigenvalue weighted by Gasteiger charge is -2.10. The number of aromatic nitrogens is 1. The molecule has 0 unspecified atom stereocenters. The van der Waals surface area contributed by atoms with Gasteiger partial charge in [0, 0.05) is 22.2 Å². The van der Waals surface area contributed by atoms with Gasteiger partial charge in [-0.25, -0.2) is 0 Å². The zero-order valence-corrected chi connectivity index (χ0v) is 13.9. The number of rotatable bonds is 4. The molecule has 0 radical (unpaired) electrons. The van der Waals surface area contributed by atoms with Crippen LogP contribution in [-0.2, 0) is 6.54 Å². The molecule has 0 aliphatic rings. The second kappa shape index (κ2) is 6.66. The van der Waals surface area contributed by atoms with Crippen LogP contribution in [0.15, 0.2) is 34.9 Å². The van der Waals surface area contributed by atoms with Crippen LogP contribution in [0.25, 0.3) is 0 Å². The largest absolute Gasteiger partial charge is 0.342 e. The van der Waals surface area contributed by atoms with Crippen molar-refractivity contribution >= 4 is 50.7 Å². The average Bonchev–Trinajstić information content (AvgIpc) is 2.75. The SMILES string of the molecule is CCCn1cc(Br)cc1C(=O)Nc1cc(Cl)ccc1Cl. The minimum absolute atomic E-state index is 0.215. The second-order valence-electron chi connectivity index (χ2n) is 4.32. The van der Waals surface area contributed by atoms with E-state index < -0.39 is 0 Å². The number of carbonyl (C=O) groups is 1. The molecule has 0 saturated carbocycles. The highest BCUT2D eigenvalue weighted by atomic mass is 79.9. The van der Waals surface area contributed by atoms with E-state index in [2.05, 4.69) is 28.2 Å². The smallest absolute Gasteiger partial charge is 0.272 e. The van der Waals surface area contributed by atoms with E-state index >= 15 is 0 Å². The third-order valence-corrected chi connectivity index (χ3v) is 3.74. The Balaban J connectivity index is 2.26. The summed E-state index contributed by atoms with van der Waals surface area (Å²) < 4.78 is 2.77. The molecule has 2 rings (SSSR count). The van der Waals surface area contributed by atoms with Gasteiger partial charge >= 0.3 is 0 Å². The van der Waals surface area contributed by atoms with Gasteiger partial charge in [0.25, 0.3) is 5.91 Å². The molecule has 1 amide bonds. The van der Waals surface area contributed by atoms with E-state index in [1.807, 2.05) is 10.8 Å². The maximum absolute atomic E-state index is 12.3. The van der Waals surface area contributed by atoms with Gasteiger partial charge in [0.1, 0.15) is 5.69 Å². The summed E-state index contributed by atoms with van der Waals surface area (Å²) >= 11 is 15.3. The number of amides is 1. The van der Waals surface area contributed by atoms with Crippen LogP contribution in [0.5, 0.6) is 0 Å². The summed E-state index contributed by atoms with van der Waals surface area (Å²) in [6.07, 6.45) is 2.83. The van der Waals surface area contributed by atoms with Crippen molar-refractivity contribution in [3.05, 3.63) is 50.7 Å². The van der Waals surface area contributed by atoms with Crippen LogP contribution >= 0.6 is 39.1 Å². The van der Waals surface area contributed by atoms with Crippen LogP contribution in [0, 0.1) is 0 Å². The minimum atomic E-state index is -0.215. The molecular formula is C14H13BrCl2N2O. The van der Waals surface area contributed by atoms with E-state index in [4.69, 9.17) is 23.2 Å². The highest BCUT2D eigenvalue weighted by Crippen LogP contribution is 2.26. The molecular weight excluding hydrogens is 363 g/mol. The topological polar surface area (TPSA) is 34.0 Å².